The third-order valence-corrected chi connectivity index (χ3v) is 3.25. The number of hydrogen-bond acceptors (Lipinski definition) is 1. The Morgan fingerprint density at radius 2 is 2.12 bits per heavy atom. The fourth-order valence-electron chi connectivity index (χ4n) is 1.96. The average molecular weight is 232 g/mol. The smallest absolute Gasteiger partial charge is 0.315 e. The molecule has 1 aliphatic carbocycles. The van der Waals surface area contributed by atoms with Crippen LogP contribution in [0.2, 0.25) is 0 Å². The summed E-state index contributed by atoms with van der Waals surface area (Å²) in [5, 5.41) is 5.88. The van der Waals surface area contributed by atoms with Crippen molar-refractivity contribution in [1.82, 2.24) is 10.6 Å². The molecule has 1 aliphatic rings. The minimum atomic E-state index is -0.0624. The molecule has 3 nitrogen and oxygen atoms in total. The molecular formula is C14H20N2O. The van der Waals surface area contributed by atoms with Gasteiger partial charge >= 0.3 is 6.03 Å². The molecule has 1 aromatic rings. The fraction of sp³-hybridized carbons (Fsp3) is 0.500. The van der Waals surface area contributed by atoms with Gasteiger partial charge in [-0.3, -0.25) is 0 Å². The molecule has 0 saturated heterocycles. The van der Waals surface area contributed by atoms with Gasteiger partial charge in [-0.1, -0.05) is 24.3 Å². The molecule has 0 heterocycles. The number of urea groups is 1. The van der Waals surface area contributed by atoms with E-state index in [-0.39, 0.29) is 12.1 Å². The molecule has 0 aromatic heterocycles. The summed E-state index contributed by atoms with van der Waals surface area (Å²) >= 11 is 0. The maximum atomic E-state index is 11.6. The molecular weight excluding hydrogens is 212 g/mol. The molecule has 1 fully saturated rings. The lowest BCUT2D eigenvalue weighted by molar-refractivity contribution is 0.237. The van der Waals surface area contributed by atoms with Crippen molar-refractivity contribution in [2.45, 2.75) is 32.7 Å². The van der Waals surface area contributed by atoms with Crippen LogP contribution in [0.3, 0.4) is 0 Å². The van der Waals surface area contributed by atoms with Crippen LogP contribution >= 0.6 is 0 Å². The van der Waals surface area contributed by atoms with E-state index in [1.807, 2.05) is 19.1 Å². The first-order chi connectivity index (χ1) is 8.16. The second-order valence-electron chi connectivity index (χ2n) is 4.88. The summed E-state index contributed by atoms with van der Waals surface area (Å²) in [7, 11) is 0. The van der Waals surface area contributed by atoms with Crippen molar-refractivity contribution in [1.29, 1.82) is 0 Å². The molecule has 92 valence electrons. The van der Waals surface area contributed by atoms with Crippen molar-refractivity contribution < 1.29 is 4.79 Å². The maximum absolute atomic E-state index is 11.6. The summed E-state index contributed by atoms with van der Waals surface area (Å²) < 4.78 is 0. The van der Waals surface area contributed by atoms with Crippen molar-refractivity contribution in [2.75, 3.05) is 6.54 Å². The molecule has 0 bridgehead atoms. The number of nitrogens with one attached hydrogen (secondary N) is 2. The van der Waals surface area contributed by atoms with E-state index in [0.717, 1.165) is 12.5 Å². The Kier molecular flexibility index (Phi) is 3.67. The summed E-state index contributed by atoms with van der Waals surface area (Å²) in [6, 6.07) is 8.13. The number of amides is 2. The molecule has 1 unspecified atom stereocenters. The Hall–Kier alpha value is -1.51. The van der Waals surface area contributed by atoms with Gasteiger partial charge in [-0.15, -0.1) is 0 Å². The Labute approximate surface area is 103 Å². The highest BCUT2D eigenvalue weighted by Crippen LogP contribution is 2.27. The molecule has 0 radical (unpaired) electrons. The summed E-state index contributed by atoms with van der Waals surface area (Å²) in [5.74, 6) is 0.717. The van der Waals surface area contributed by atoms with E-state index in [2.05, 4.69) is 29.7 Å². The van der Waals surface area contributed by atoms with Gasteiger partial charge in [-0.2, -0.15) is 0 Å². The van der Waals surface area contributed by atoms with Crippen LogP contribution in [0.5, 0.6) is 0 Å². The van der Waals surface area contributed by atoms with Crippen LogP contribution < -0.4 is 10.6 Å². The molecule has 17 heavy (non-hydrogen) atoms. The number of rotatable bonds is 4. The van der Waals surface area contributed by atoms with Crippen LogP contribution in [0, 0.1) is 12.8 Å². The molecule has 1 saturated carbocycles. The maximum Gasteiger partial charge on any atom is 0.315 e. The summed E-state index contributed by atoms with van der Waals surface area (Å²) in [4.78, 5) is 11.6. The largest absolute Gasteiger partial charge is 0.338 e. The molecule has 2 N–H and O–H groups in total. The SMILES string of the molecule is Cc1ccccc1C(C)NC(=O)NCC1CC1. The molecule has 0 aliphatic heterocycles. The van der Waals surface area contributed by atoms with E-state index >= 15 is 0 Å². The topological polar surface area (TPSA) is 41.1 Å². The highest BCUT2D eigenvalue weighted by atomic mass is 16.2. The van der Waals surface area contributed by atoms with Gasteiger partial charge in [0.1, 0.15) is 0 Å². The van der Waals surface area contributed by atoms with E-state index in [1.165, 1.54) is 24.0 Å². The molecule has 2 amide bonds. The standard InChI is InChI=1S/C14H20N2O/c1-10-5-3-4-6-13(10)11(2)16-14(17)15-9-12-7-8-12/h3-6,11-12H,7-9H2,1-2H3,(H2,15,16,17). The highest BCUT2D eigenvalue weighted by molar-refractivity contribution is 5.74. The van der Waals surface area contributed by atoms with Crippen molar-refractivity contribution in [3.63, 3.8) is 0 Å². The number of aryl methyl sites for hydroxylation is 1. The van der Waals surface area contributed by atoms with Crippen LogP contribution in [0.4, 0.5) is 4.79 Å². The molecule has 1 aromatic carbocycles. The van der Waals surface area contributed by atoms with Crippen LogP contribution in [-0.2, 0) is 0 Å². The zero-order valence-electron chi connectivity index (χ0n) is 10.5. The number of carbonyl (C=O) groups is 1. The first kappa shape index (κ1) is 12.0. The van der Waals surface area contributed by atoms with Gasteiger partial charge in [-0.05, 0) is 43.7 Å². The van der Waals surface area contributed by atoms with E-state index in [9.17, 15) is 4.79 Å². The predicted molar refractivity (Wildman–Crippen MR) is 68.9 cm³/mol. The first-order valence-corrected chi connectivity index (χ1v) is 6.26. The third kappa shape index (κ3) is 3.48. The Morgan fingerprint density at radius 1 is 1.41 bits per heavy atom. The van der Waals surface area contributed by atoms with Crippen molar-refractivity contribution in [3.8, 4) is 0 Å². The van der Waals surface area contributed by atoms with E-state index < -0.39 is 0 Å². The minimum absolute atomic E-state index is 0.0513. The third-order valence-electron chi connectivity index (χ3n) is 3.25. The minimum Gasteiger partial charge on any atom is -0.338 e. The lowest BCUT2D eigenvalue weighted by atomic mass is 10.0. The van der Waals surface area contributed by atoms with Crippen molar-refractivity contribution >= 4 is 6.03 Å². The summed E-state index contributed by atoms with van der Waals surface area (Å²) in [6.45, 7) is 4.89. The van der Waals surface area contributed by atoms with Crippen molar-refractivity contribution in [3.05, 3.63) is 35.4 Å². The highest BCUT2D eigenvalue weighted by Gasteiger charge is 2.21. The van der Waals surface area contributed by atoms with E-state index in [1.54, 1.807) is 0 Å². The zero-order valence-corrected chi connectivity index (χ0v) is 10.5. The van der Waals surface area contributed by atoms with Gasteiger partial charge in [-0.25, -0.2) is 4.79 Å². The Bertz CT molecular complexity index is 399. The monoisotopic (exact) mass is 232 g/mol. The quantitative estimate of drug-likeness (QED) is 0.823. The lowest BCUT2D eigenvalue weighted by Gasteiger charge is -2.17. The van der Waals surface area contributed by atoms with Gasteiger partial charge in [0.25, 0.3) is 0 Å². The predicted octanol–water partition coefficient (Wildman–Crippen LogP) is 2.77. The van der Waals surface area contributed by atoms with E-state index in [0.29, 0.717) is 0 Å². The average Bonchev–Trinajstić information content (AvgIpc) is 3.10. The first-order valence-electron chi connectivity index (χ1n) is 6.26. The number of hydrogen-bond donors (Lipinski definition) is 2. The van der Waals surface area contributed by atoms with Crippen LogP contribution in [0.25, 0.3) is 0 Å². The molecule has 3 heteroatoms. The second-order valence-corrected chi connectivity index (χ2v) is 4.88. The molecule has 1 atom stereocenters. The molecule has 0 spiro atoms. The molecule has 2 rings (SSSR count). The fourth-order valence-corrected chi connectivity index (χ4v) is 1.96. The van der Waals surface area contributed by atoms with Crippen LogP contribution in [0.15, 0.2) is 24.3 Å². The van der Waals surface area contributed by atoms with E-state index in [4.69, 9.17) is 0 Å². The second kappa shape index (κ2) is 5.21. The summed E-state index contributed by atoms with van der Waals surface area (Å²) in [5.41, 5.74) is 2.39. The normalized spacial score (nSPS) is 16.4. The lowest BCUT2D eigenvalue weighted by Crippen LogP contribution is -2.38. The Balaban J connectivity index is 1.85. The van der Waals surface area contributed by atoms with Gasteiger partial charge in [0, 0.05) is 6.54 Å². The zero-order chi connectivity index (χ0) is 12.3. The van der Waals surface area contributed by atoms with Crippen LogP contribution in [0.1, 0.15) is 36.9 Å². The van der Waals surface area contributed by atoms with Gasteiger partial charge in [0.2, 0.25) is 0 Å². The Morgan fingerprint density at radius 3 is 2.76 bits per heavy atom. The summed E-state index contributed by atoms with van der Waals surface area (Å²) in [6.07, 6.45) is 2.52. The number of carbonyl (C=O) groups excluding carboxylic acids is 1. The van der Waals surface area contributed by atoms with Gasteiger partial charge in [0.15, 0.2) is 0 Å². The van der Waals surface area contributed by atoms with Gasteiger partial charge in [0.05, 0.1) is 6.04 Å². The van der Waals surface area contributed by atoms with Crippen molar-refractivity contribution in [2.24, 2.45) is 5.92 Å². The van der Waals surface area contributed by atoms with Crippen LogP contribution in [-0.4, -0.2) is 12.6 Å². The van der Waals surface area contributed by atoms with Gasteiger partial charge < -0.3 is 10.6 Å². The number of benzene rings is 1.